The van der Waals surface area contributed by atoms with Crippen LogP contribution in [-0.2, 0) is 6.42 Å². The highest BCUT2D eigenvalue weighted by Gasteiger charge is 2.18. The van der Waals surface area contributed by atoms with Crippen LogP contribution in [0, 0.1) is 17.5 Å². The van der Waals surface area contributed by atoms with Crippen molar-refractivity contribution in [3.63, 3.8) is 0 Å². The molecule has 0 spiro atoms. The molecule has 0 radical (unpaired) electrons. The molecule has 2 rings (SSSR count). The third-order valence-electron chi connectivity index (χ3n) is 3.45. The van der Waals surface area contributed by atoms with Crippen molar-refractivity contribution in [3.05, 3.63) is 58.9 Å². The van der Waals surface area contributed by atoms with Crippen molar-refractivity contribution in [3.8, 4) is 11.5 Å². The molecule has 2 aromatic rings. The highest BCUT2D eigenvalue weighted by atomic mass is 19.2. The molecule has 1 N–H and O–H groups in total. The van der Waals surface area contributed by atoms with Gasteiger partial charge in [0.15, 0.2) is 17.5 Å². The second-order valence-corrected chi connectivity index (χ2v) is 4.91. The highest BCUT2D eigenvalue weighted by Crippen LogP contribution is 2.24. The van der Waals surface area contributed by atoms with E-state index in [4.69, 9.17) is 9.47 Å². The number of carbonyl (C=O) groups excluding carboxylic acids is 1. The van der Waals surface area contributed by atoms with E-state index < -0.39 is 28.9 Å². The van der Waals surface area contributed by atoms with Crippen LogP contribution in [0.15, 0.2) is 30.3 Å². The first-order chi connectivity index (χ1) is 11.5. The summed E-state index contributed by atoms with van der Waals surface area (Å²) >= 11 is 0. The van der Waals surface area contributed by atoms with Gasteiger partial charge in [-0.1, -0.05) is 0 Å². The minimum Gasteiger partial charge on any atom is -0.497 e. The van der Waals surface area contributed by atoms with Gasteiger partial charge < -0.3 is 14.8 Å². The number of ether oxygens (including phenoxy) is 2. The van der Waals surface area contributed by atoms with E-state index in [2.05, 4.69) is 5.32 Å². The Bertz CT molecular complexity index is 750. The van der Waals surface area contributed by atoms with Crippen molar-refractivity contribution >= 4 is 5.91 Å². The molecule has 0 aliphatic heterocycles. The SMILES string of the molecule is COc1ccc(OC)c(CCNC(=O)c2ccc(F)c(F)c2F)c1. The van der Waals surface area contributed by atoms with Gasteiger partial charge in [0.1, 0.15) is 11.5 Å². The Balaban J connectivity index is 2.04. The van der Waals surface area contributed by atoms with Crippen molar-refractivity contribution in [2.45, 2.75) is 6.42 Å². The summed E-state index contributed by atoms with van der Waals surface area (Å²) < 4.78 is 49.9. The lowest BCUT2D eigenvalue weighted by Crippen LogP contribution is -2.27. The Morgan fingerprint density at radius 2 is 1.79 bits per heavy atom. The van der Waals surface area contributed by atoms with Crippen LogP contribution in [0.4, 0.5) is 13.2 Å². The molecule has 0 aromatic heterocycles. The molecule has 0 saturated carbocycles. The fourth-order valence-electron chi connectivity index (χ4n) is 2.18. The van der Waals surface area contributed by atoms with Crippen molar-refractivity contribution in [2.75, 3.05) is 20.8 Å². The van der Waals surface area contributed by atoms with Crippen LogP contribution >= 0.6 is 0 Å². The van der Waals surface area contributed by atoms with E-state index in [0.29, 0.717) is 24.0 Å². The van der Waals surface area contributed by atoms with Gasteiger partial charge in [0.2, 0.25) is 0 Å². The van der Waals surface area contributed by atoms with E-state index in [1.54, 1.807) is 18.2 Å². The molecule has 0 aliphatic rings. The molecule has 7 heteroatoms. The predicted molar refractivity (Wildman–Crippen MR) is 81.9 cm³/mol. The monoisotopic (exact) mass is 339 g/mol. The third-order valence-corrected chi connectivity index (χ3v) is 3.45. The van der Waals surface area contributed by atoms with E-state index in [1.165, 1.54) is 14.2 Å². The zero-order chi connectivity index (χ0) is 17.7. The molecular formula is C17H16F3NO3. The quantitative estimate of drug-likeness (QED) is 0.823. The van der Waals surface area contributed by atoms with E-state index in [0.717, 1.165) is 11.6 Å². The van der Waals surface area contributed by atoms with E-state index >= 15 is 0 Å². The number of hydrogen-bond acceptors (Lipinski definition) is 3. The van der Waals surface area contributed by atoms with Crippen LogP contribution in [0.3, 0.4) is 0 Å². The largest absolute Gasteiger partial charge is 0.497 e. The van der Waals surface area contributed by atoms with Crippen molar-refractivity contribution in [2.24, 2.45) is 0 Å². The zero-order valence-electron chi connectivity index (χ0n) is 13.2. The van der Waals surface area contributed by atoms with Gasteiger partial charge in [0, 0.05) is 6.54 Å². The lowest BCUT2D eigenvalue weighted by molar-refractivity contribution is 0.0948. The summed E-state index contributed by atoms with van der Waals surface area (Å²) in [5, 5.41) is 2.46. The van der Waals surface area contributed by atoms with Gasteiger partial charge in [-0.3, -0.25) is 4.79 Å². The number of benzene rings is 2. The van der Waals surface area contributed by atoms with Crippen LogP contribution < -0.4 is 14.8 Å². The molecule has 0 saturated heterocycles. The van der Waals surface area contributed by atoms with Crippen molar-refractivity contribution in [1.29, 1.82) is 0 Å². The molecule has 0 unspecified atom stereocenters. The van der Waals surface area contributed by atoms with Crippen molar-refractivity contribution in [1.82, 2.24) is 5.32 Å². The number of rotatable bonds is 6. The van der Waals surface area contributed by atoms with Crippen LogP contribution in [0.5, 0.6) is 11.5 Å². The van der Waals surface area contributed by atoms with Crippen molar-refractivity contribution < 1.29 is 27.4 Å². The van der Waals surface area contributed by atoms with E-state index in [9.17, 15) is 18.0 Å². The van der Waals surface area contributed by atoms with Gasteiger partial charge in [-0.05, 0) is 42.3 Å². The van der Waals surface area contributed by atoms with E-state index in [-0.39, 0.29) is 6.54 Å². The smallest absolute Gasteiger partial charge is 0.254 e. The molecular weight excluding hydrogens is 323 g/mol. The predicted octanol–water partition coefficient (Wildman–Crippen LogP) is 3.09. The average molecular weight is 339 g/mol. The molecule has 2 aromatic carbocycles. The second kappa shape index (κ2) is 7.72. The summed E-state index contributed by atoms with van der Waals surface area (Å²) in [4.78, 5) is 11.9. The molecule has 0 fully saturated rings. The number of halogens is 3. The summed E-state index contributed by atoms with van der Waals surface area (Å²) in [6, 6.07) is 6.82. The molecule has 0 heterocycles. The minimum atomic E-state index is -1.67. The van der Waals surface area contributed by atoms with Crippen LogP contribution in [0.25, 0.3) is 0 Å². The standard InChI is InChI=1S/C17H16F3NO3/c1-23-11-3-6-14(24-2)10(9-11)7-8-21-17(22)12-4-5-13(18)16(20)15(12)19/h3-6,9H,7-8H2,1-2H3,(H,21,22). The first-order valence-electron chi connectivity index (χ1n) is 7.10. The number of methoxy groups -OCH3 is 2. The maximum absolute atomic E-state index is 13.6. The van der Waals surface area contributed by atoms with Crippen LogP contribution in [0.2, 0.25) is 0 Å². The molecule has 24 heavy (non-hydrogen) atoms. The molecule has 4 nitrogen and oxygen atoms in total. The maximum Gasteiger partial charge on any atom is 0.254 e. The third kappa shape index (κ3) is 3.79. The molecule has 128 valence electrons. The lowest BCUT2D eigenvalue weighted by atomic mass is 10.1. The van der Waals surface area contributed by atoms with Crippen LogP contribution in [0.1, 0.15) is 15.9 Å². The van der Waals surface area contributed by atoms with E-state index in [1.807, 2.05) is 0 Å². The van der Waals surface area contributed by atoms with Crippen LogP contribution in [-0.4, -0.2) is 26.7 Å². The number of hydrogen-bond donors (Lipinski definition) is 1. The summed E-state index contributed by atoms with van der Waals surface area (Å²) in [6.07, 6.45) is 0.386. The Kier molecular flexibility index (Phi) is 5.68. The van der Waals surface area contributed by atoms with Gasteiger partial charge >= 0.3 is 0 Å². The first kappa shape index (κ1) is 17.7. The summed E-state index contributed by atoms with van der Waals surface area (Å²) in [6.45, 7) is 0.154. The molecule has 1 amide bonds. The summed E-state index contributed by atoms with van der Waals surface area (Å²) in [5.41, 5.74) is 0.231. The topological polar surface area (TPSA) is 47.6 Å². The maximum atomic E-state index is 13.6. The zero-order valence-corrected chi connectivity index (χ0v) is 13.2. The Morgan fingerprint density at radius 3 is 2.46 bits per heavy atom. The fourth-order valence-corrected chi connectivity index (χ4v) is 2.18. The summed E-state index contributed by atoms with van der Waals surface area (Å²) in [5.74, 6) is -4.10. The van der Waals surface area contributed by atoms with Gasteiger partial charge in [-0.15, -0.1) is 0 Å². The Hall–Kier alpha value is -2.70. The number of amides is 1. The van der Waals surface area contributed by atoms with Gasteiger partial charge in [0.25, 0.3) is 5.91 Å². The van der Waals surface area contributed by atoms with Gasteiger partial charge in [-0.2, -0.15) is 0 Å². The Labute approximate surface area is 137 Å². The Morgan fingerprint density at radius 1 is 1.04 bits per heavy atom. The summed E-state index contributed by atoms with van der Waals surface area (Å²) in [7, 11) is 3.04. The molecule has 0 atom stereocenters. The second-order valence-electron chi connectivity index (χ2n) is 4.91. The lowest BCUT2D eigenvalue weighted by Gasteiger charge is -2.11. The average Bonchev–Trinajstić information content (AvgIpc) is 2.59. The van der Waals surface area contributed by atoms with Gasteiger partial charge in [-0.25, -0.2) is 13.2 Å². The molecule has 0 bridgehead atoms. The normalized spacial score (nSPS) is 10.4. The molecule has 0 aliphatic carbocycles. The van der Waals surface area contributed by atoms with Gasteiger partial charge in [0.05, 0.1) is 19.8 Å². The minimum absolute atomic E-state index is 0.154. The number of carbonyl (C=O) groups is 1. The fraction of sp³-hybridized carbons (Fsp3) is 0.235. The first-order valence-corrected chi connectivity index (χ1v) is 7.10. The highest BCUT2D eigenvalue weighted by molar-refractivity contribution is 5.94. The number of nitrogens with one attached hydrogen (secondary N) is 1.